The summed E-state index contributed by atoms with van der Waals surface area (Å²) in [6.45, 7) is 4.86. The van der Waals surface area contributed by atoms with Crippen molar-refractivity contribution in [3.05, 3.63) is 23.0 Å². The molecule has 0 N–H and O–H groups in total. The molecule has 0 amide bonds. The summed E-state index contributed by atoms with van der Waals surface area (Å²) >= 11 is 0. The largest absolute Gasteiger partial charge is 0.423 e. The van der Waals surface area contributed by atoms with Crippen LogP contribution < -0.4 is 0 Å². The molecule has 1 aliphatic heterocycles. The zero-order valence-electron chi connectivity index (χ0n) is 7.30. The third-order valence-electron chi connectivity index (χ3n) is 1.78. The number of cyclic esters (lactones) is 1. The van der Waals surface area contributed by atoms with Gasteiger partial charge in [0, 0.05) is 17.2 Å². The van der Waals surface area contributed by atoms with Crippen LogP contribution in [0.4, 0.5) is 0 Å². The third-order valence-corrected chi connectivity index (χ3v) is 1.78. The van der Waals surface area contributed by atoms with E-state index >= 15 is 0 Å². The Morgan fingerprint density at radius 3 is 2.25 bits per heavy atom. The standard InChI is InChI=1S/C9H10O3/c1-5(10)4-8-6(2)7(3)9(11)12-8/h4H,1-3H3/b8-4-. The number of hydrogen-bond donors (Lipinski definition) is 0. The van der Waals surface area contributed by atoms with E-state index in [2.05, 4.69) is 0 Å². The van der Waals surface area contributed by atoms with Crippen molar-refractivity contribution in [2.45, 2.75) is 20.8 Å². The van der Waals surface area contributed by atoms with Crippen molar-refractivity contribution in [1.29, 1.82) is 0 Å². The molecule has 0 aliphatic carbocycles. The number of ether oxygens (including phenoxy) is 1. The van der Waals surface area contributed by atoms with E-state index in [1.165, 1.54) is 13.0 Å². The van der Waals surface area contributed by atoms with Crippen molar-refractivity contribution in [1.82, 2.24) is 0 Å². The monoisotopic (exact) mass is 166 g/mol. The van der Waals surface area contributed by atoms with Gasteiger partial charge in [-0.25, -0.2) is 4.79 Å². The molecule has 0 saturated carbocycles. The Morgan fingerprint density at radius 1 is 1.33 bits per heavy atom. The first-order valence-corrected chi connectivity index (χ1v) is 3.64. The predicted octanol–water partition coefficient (Wildman–Crippen LogP) is 1.35. The molecule has 0 aromatic heterocycles. The quantitative estimate of drug-likeness (QED) is 0.436. The molecule has 0 fully saturated rings. The summed E-state index contributed by atoms with van der Waals surface area (Å²) in [5.41, 5.74) is 1.32. The first kappa shape index (κ1) is 8.71. The van der Waals surface area contributed by atoms with Crippen LogP contribution in [0.2, 0.25) is 0 Å². The van der Waals surface area contributed by atoms with Gasteiger partial charge in [-0.05, 0) is 20.8 Å². The molecule has 1 rings (SSSR count). The van der Waals surface area contributed by atoms with Gasteiger partial charge >= 0.3 is 5.97 Å². The molecule has 0 aromatic rings. The lowest BCUT2D eigenvalue weighted by molar-refractivity contribution is -0.133. The molecule has 0 unspecified atom stereocenters. The van der Waals surface area contributed by atoms with Crippen LogP contribution in [0.1, 0.15) is 20.8 Å². The van der Waals surface area contributed by atoms with Gasteiger partial charge in [-0.2, -0.15) is 0 Å². The van der Waals surface area contributed by atoms with E-state index < -0.39 is 0 Å². The van der Waals surface area contributed by atoms with Gasteiger partial charge in [0.2, 0.25) is 0 Å². The molecule has 0 radical (unpaired) electrons. The van der Waals surface area contributed by atoms with Crippen LogP contribution in [0.5, 0.6) is 0 Å². The van der Waals surface area contributed by atoms with E-state index in [0.717, 1.165) is 5.57 Å². The fourth-order valence-corrected chi connectivity index (χ4v) is 0.913. The third kappa shape index (κ3) is 1.44. The fourth-order valence-electron chi connectivity index (χ4n) is 0.913. The van der Waals surface area contributed by atoms with Crippen LogP contribution in [-0.4, -0.2) is 11.8 Å². The van der Waals surface area contributed by atoms with Crippen molar-refractivity contribution in [3.63, 3.8) is 0 Å². The Hall–Kier alpha value is -1.38. The molecule has 3 nitrogen and oxygen atoms in total. The van der Waals surface area contributed by atoms with Crippen molar-refractivity contribution in [3.8, 4) is 0 Å². The minimum Gasteiger partial charge on any atom is -0.423 e. The molecule has 1 heterocycles. The van der Waals surface area contributed by atoms with Gasteiger partial charge in [-0.15, -0.1) is 0 Å². The van der Waals surface area contributed by atoms with E-state index in [1.807, 2.05) is 0 Å². The second-order valence-electron chi connectivity index (χ2n) is 2.76. The molecule has 64 valence electrons. The Bertz CT molecular complexity index is 308. The maximum Gasteiger partial charge on any atom is 0.339 e. The minimum atomic E-state index is -0.361. The van der Waals surface area contributed by atoms with Crippen LogP contribution in [0.15, 0.2) is 23.0 Å². The summed E-state index contributed by atoms with van der Waals surface area (Å²) in [5.74, 6) is -0.100. The molecular formula is C9H10O3. The highest BCUT2D eigenvalue weighted by atomic mass is 16.5. The maximum atomic E-state index is 10.9. The SMILES string of the molecule is CC(=O)/C=C1\OC(=O)C(C)=C1C. The first-order valence-electron chi connectivity index (χ1n) is 3.64. The van der Waals surface area contributed by atoms with Gasteiger partial charge in [0.25, 0.3) is 0 Å². The number of carbonyl (C=O) groups is 2. The summed E-state index contributed by atoms with van der Waals surface area (Å²) in [7, 11) is 0. The highest BCUT2D eigenvalue weighted by molar-refractivity contribution is 5.96. The molecular weight excluding hydrogens is 156 g/mol. The lowest BCUT2D eigenvalue weighted by Crippen LogP contribution is -1.96. The van der Waals surface area contributed by atoms with Gasteiger partial charge < -0.3 is 4.74 Å². The Labute approximate surface area is 70.7 Å². The van der Waals surface area contributed by atoms with Crippen LogP contribution in [0.3, 0.4) is 0 Å². The van der Waals surface area contributed by atoms with Crippen LogP contribution in [-0.2, 0) is 14.3 Å². The summed E-state index contributed by atoms with van der Waals surface area (Å²) in [5, 5.41) is 0. The van der Waals surface area contributed by atoms with E-state index in [-0.39, 0.29) is 11.8 Å². The molecule has 1 aliphatic rings. The lowest BCUT2D eigenvalue weighted by atomic mass is 10.1. The zero-order chi connectivity index (χ0) is 9.30. The fraction of sp³-hybridized carbons (Fsp3) is 0.333. The molecule has 0 spiro atoms. The highest BCUT2D eigenvalue weighted by Crippen LogP contribution is 2.24. The number of ketones is 1. The number of rotatable bonds is 1. The number of allylic oxidation sites excluding steroid dienone is 2. The second-order valence-corrected chi connectivity index (χ2v) is 2.76. The molecule has 0 aromatic carbocycles. The number of esters is 1. The summed E-state index contributed by atoms with van der Waals surface area (Å²) < 4.78 is 4.82. The average molecular weight is 166 g/mol. The van der Waals surface area contributed by atoms with Crippen molar-refractivity contribution >= 4 is 11.8 Å². The smallest absolute Gasteiger partial charge is 0.339 e. The Balaban J connectivity index is 3.02. The van der Waals surface area contributed by atoms with Crippen molar-refractivity contribution < 1.29 is 14.3 Å². The molecule has 12 heavy (non-hydrogen) atoms. The van der Waals surface area contributed by atoms with Gasteiger partial charge in [-0.3, -0.25) is 4.79 Å². The normalized spacial score (nSPS) is 20.2. The number of hydrogen-bond acceptors (Lipinski definition) is 3. The van der Waals surface area contributed by atoms with Crippen LogP contribution >= 0.6 is 0 Å². The summed E-state index contributed by atoms with van der Waals surface area (Å²) in [4.78, 5) is 21.6. The van der Waals surface area contributed by atoms with Gasteiger partial charge in [0.15, 0.2) is 5.78 Å². The highest BCUT2D eigenvalue weighted by Gasteiger charge is 2.23. The molecule has 0 atom stereocenters. The first-order chi connectivity index (χ1) is 5.52. The Morgan fingerprint density at radius 2 is 1.92 bits per heavy atom. The second kappa shape index (κ2) is 2.93. The minimum absolute atomic E-state index is 0.119. The Kier molecular flexibility index (Phi) is 2.13. The van der Waals surface area contributed by atoms with E-state index in [4.69, 9.17) is 4.74 Å². The topological polar surface area (TPSA) is 43.4 Å². The van der Waals surface area contributed by atoms with Crippen LogP contribution in [0, 0.1) is 0 Å². The van der Waals surface area contributed by atoms with E-state index in [9.17, 15) is 9.59 Å². The van der Waals surface area contributed by atoms with Crippen molar-refractivity contribution in [2.24, 2.45) is 0 Å². The van der Waals surface area contributed by atoms with Gasteiger partial charge in [-0.1, -0.05) is 0 Å². The predicted molar refractivity (Wildman–Crippen MR) is 43.2 cm³/mol. The van der Waals surface area contributed by atoms with Crippen molar-refractivity contribution in [2.75, 3.05) is 0 Å². The summed E-state index contributed by atoms with van der Waals surface area (Å²) in [6.07, 6.45) is 1.32. The van der Waals surface area contributed by atoms with E-state index in [0.29, 0.717) is 11.3 Å². The maximum absolute atomic E-state index is 10.9. The molecule has 0 bridgehead atoms. The lowest BCUT2D eigenvalue weighted by Gasteiger charge is -1.95. The zero-order valence-corrected chi connectivity index (χ0v) is 7.30. The van der Waals surface area contributed by atoms with E-state index in [1.54, 1.807) is 13.8 Å². The van der Waals surface area contributed by atoms with Crippen LogP contribution in [0.25, 0.3) is 0 Å². The van der Waals surface area contributed by atoms with Gasteiger partial charge in [0.1, 0.15) is 5.76 Å². The average Bonchev–Trinajstić information content (AvgIpc) is 2.17. The molecule has 0 saturated heterocycles. The molecule has 3 heteroatoms. The van der Waals surface area contributed by atoms with Gasteiger partial charge in [0.05, 0.1) is 0 Å². The number of carbonyl (C=O) groups excluding carboxylic acids is 2. The summed E-state index contributed by atoms with van der Waals surface area (Å²) in [6, 6.07) is 0.